The number of benzene rings is 1. The van der Waals surface area contributed by atoms with Gasteiger partial charge in [-0.2, -0.15) is 0 Å². The number of carbonyl (C=O) groups excluding carboxylic acids is 1. The summed E-state index contributed by atoms with van der Waals surface area (Å²) in [6.07, 6.45) is 0.405. The Labute approximate surface area is 123 Å². The molecule has 3 N–H and O–H groups in total. The van der Waals surface area contributed by atoms with Gasteiger partial charge in [0.1, 0.15) is 6.04 Å². The van der Waals surface area contributed by atoms with Gasteiger partial charge in [-0.15, -0.1) is 0 Å². The van der Waals surface area contributed by atoms with E-state index in [0.29, 0.717) is 11.4 Å². The fourth-order valence-electron chi connectivity index (χ4n) is 1.69. The summed E-state index contributed by atoms with van der Waals surface area (Å²) in [4.78, 5) is 22.7. The minimum absolute atomic E-state index is 0.0174. The Morgan fingerprint density at radius 2 is 1.85 bits per heavy atom. The summed E-state index contributed by atoms with van der Waals surface area (Å²) in [6.45, 7) is 3.84. The molecule has 0 aliphatic heterocycles. The van der Waals surface area contributed by atoms with Crippen molar-refractivity contribution in [1.82, 2.24) is 5.32 Å². The van der Waals surface area contributed by atoms with Gasteiger partial charge in [0, 0.05) is 10.7 Å². The van der Waals surface area contributed by atoms with E-state index in [1.54, 1.807) is 24.3 Å². The van der Waals surface area contributed by atoms with E-state index in [2.05, 4.69) is 10.6 Å². The normalized spacial score (nSPS) is 12.0. The van der Waals surface area contributed by atoms with E-state index in [1.807, 2.05) is 13.8 Å². The van der Waals surface area contributed by atoms with E-state index in [0.717, 1.165) is 5.69 Å². The summed E-state index contributed by atoms with van der Waals surface area (Å²) in [6, 6.07) is 6.06. The molecule has 1 aromatic carbocycles. The third-order valence-electron chi connectivity index (χ3n) is 2.64. The zero-order chi connectivity index (χ0) is 15.1. The van der Waals surface area contributed by atoms with Crippen molar-refractivity contribution in [3.8, 4) is 0 Å². The Morgan fingerprint density at radius 3 is 2.35 bits per heavy atom. The van der Waals surface area contributed by atoms with Gasteiger partial charge in [-0.1, -0.05) is 25.4 Å². The number of aliphatic carboxylic acids is 1. The topological polar surface area (TPSA) is 78.4 Å². The van der Waals surface area contributed by atoms with Gasteiger partial charge in [0.2, 0.25) is 5.91 Å². The molecule has 1 amide bonds. The largest absolute Gasteiger partial charge is 0.480 e. The first-order chi connectivity index (χ1) is 9.38. The average molecular weight is 299 g/mol. The van der Waals surface area contributed by atoms with Crippen molar-refractivity contribution >= 4 is 29.2 Å². The first kappa shape index (κ1) is 16.3. The summed E-state index contributed by atoms with van der Waals surface area (Å²) in [5.74, 6) is -1.17. The number of carboxylic acids is 1. The number of anilines is 1. The molecule has 0 saturated heterocycles. The lowest BCUT2D eigenvalue weighted by Gasteiger charge is -2.16. The molecule has 1 rings (SSSR count). The lowest BCUT2D eigenvalue weighted by Crippen LogP contribution is -2.43. The highest BCUT2D eigenvalue weighted by Crippen LogP contribution is 2.13. The predicted molar refractivity (Wildman–Crippen MR) is 79.0 cm³/mol. The summed E-state index contributed by atoms with van der Waals surface area (Å²) in [5.41, 5.74) is 0.750. The molecule has 0 aliphatic rings. The molecule has 1 unspecified atom stereocenters. The Balaban J connectivity index is 2.45. The minimum Gasteiger partial charge on any atom is -0.480 e. The maximum Gasteiger partial charge on any atom is 0.326 e. The average Bonchev–Trinajstić information content (AvgIpc) is 2.36. The lowest BCUT2D eigenvalue weighted by molar-refractivity contribution is -0.142. The van der Waals surface area contributed by atoms with Crippen LogP contribution in [-0.2, 0) is 9.59 Å². The molecular formula is C14H19ClN2O3. The second-order valence-electron chi connectivity index (χ2n) is 4.95. The Bertz CT molecular complexity index is 460. The van der Waals surface area contributed by atoms with Crippen LogP contribution in [0.25, 0.3) is 0 Å². The third-order valence-corrected chi connectivity index (χ3v) is 2.89. The molecule has 0 bridgehead atoms. The first-order valence-corrected chi connectivity index (χ1v) is 6.78. The quantitative estimate of drug-likeness (QED) is 0.722. The third kappa shape index (κ3) is 5.93. The van der Waals surface area contributed by atoms with Gasteiger partial charge in [-0.05, 0) is 36.6 Å². The molecular weight excluding hydrogens is 280 g/mol. The molecule has 5 nitrogen and oxygen atoms in total. The molecule has 0 aliphatic carbocycles. The first-order valence-electron chi connectivity index (χ1n) is 6.40. The maximum absolute atomic E-state index is 11.7. The highest BCUT2D eigenvalue weighted by molar-refractivity contribution is 6.30. The van der Waals surface area contributed by atoms with Gasteiger partial charge in [0.05, 0.1) is 6.54 Å². The van der Waals surface area contributed by atoms with E-state index < -0.39 is 12.0 Å². The van der Waals surface area contributed by atoms with E-state index in [-0.39, 0.29) is 18.4 Å². The SMILES string of the molecule is CC(C)CC(NC(=O)CNc1ccc(Cl)cc1)C(=O)O. The fraction of sp³-hybridized carbons (Fsp3) is 0.429. The van der Waals surface area contributed by atoms with Crippen LogP contribution in [0.4, 0.5) is 5.69 Å². The zero-order valence-electron chi connectivity index (χ0n) is 11.5. The number of halogens is 1. The number of carbonyl (C=O) groups is 2. The lowest BCUT2D eigenvalue weighted by atomic mass is 10.0. The number of hydrogen-bond acceptors (Lipinski definition) is 3. The van der Waals surface area contributed by atoms with E-state index in [9.17, 15) is 9.59 Å². The van der Waals surface area contributed by atoms with Crippen LogP contribution in [0.2, 0.25) is 5.02 Å². The number of hydrogen-bond donors (Lipinski definition) is 3. The molecule has 0 spiro atoms. The predicted octanol–water partition coefficient (Wildman–Crippen LogP) is 2.37. The molecule has 0 radical (unpaired) electrons. The summed E-state index contributed by atoms with van der Waals surface area (Å²) in [7, 11) is 0. The summed E-state index contributed by atoms with van der Waals surface area (Å²) >= 11 is 5.75. The van der Waals surface area contributed by atoms with Crippen molar-refractivity contribution < 1.29 is 14.7 Å². The molecule has 6 heteroatoms. The van der Waals surface area contributed by atoms with Gasteiger partial charge in [-0.3, -0.25) is 4.79 Å². The molecule has 1 atom stereocenters. The molecule has 0 aromatic heterocycles. The van der Waals surface area contributed by atoms with E-state index >= 15 is 0 Å². The summed E-state index contributed by atoms with van der Waals surface area (Å²) in [5, 5.41) is 15.1. The Kier molecular flexibility index (Phi) is 6.31. The fourth-order valence-corrected chi connectivity index (χ4v) is 1.81. The van der Waals surface area contributed by atoms with Crippen LogP contribution in [0.5, 0.6) is 0 Å². The molecule has 110 valence electrons. The molecule has 20 heavy (non-hydrogen) atoms. The van der Waals surface area contributed by atoms with Crippen LogP contribution in [0.3, 0.4) is 0 Å². The van der Waals surface area contributed by atoms with Gasteiger partial charge >= 0.3 is 5.97 Å². The van der Waals surface area contributed by atoms with Crippen molar-refractivity contribution in [2.24, 2.45) is 5.92 Å². The molecule has 0 heterocycles. The highest BCUT2D eigenvalue weighted by Gasteiger charge is 2.20. The second kappa shape index (κ2) is 7.75. The van der Waals surface area contributed by atoms with Crippen LogP contribution >= 0.6 is 11.6 Å². The molecule has 1 aromatic rings. The zero-order valence-corrected chi connectivity index (χ0v) is 12.3. The maximum atomic E-state index is 11.7. The number of nitrogens with one attached hydrogen (secondary N) is 2. The van der Waals surface area contributed by atoms with Gasteiger partial charge < -0.3 is 15.7 Å². The monoisotopic (exact) mass is 298 g/mol. The molecule has 0 saturated carbocycles. The van der Waals surface area contributed by atoms with Crippen molar-refractivity contribution in [1.29, 1.82) is 0 Å². The van der Waals surface area contributed by atoms with Crippen LogP contribution < -0.4 is 10.6 Å². The van der Waals surface area contributed by atoms with E-state index in [1.165, 1.54) is 0 Å². The van der Waals surface area contributed by atoms with Gasteiger partial charge in [0.25, 0.3) is 0 Å². The van der Waals surface area contributed by atoms with Crippen molar-refractivity contribution in [2.75, 3.05) is 11.9 Å². The Hall–Kier alpha value is -1.75. The van der Waals surface area contributed by atoms with Crippen LogP contribution in [0.15, 0.2) is 24.3 Å². The summed E-state index contributed by atoms with van der Waals surface area (Å²) < 4.78 is 0. The Morgan fingerprint density at radius 1 is 1.25 bits per heavy atom. The van der Waals surface area contributed by atoms with Crippen molar-refractivity contribution in [3.63, 3.8) is 0 Å². The van der Waals surface area contributed by atoms with Gasteiger partial charge in [-0.25, -0.2) is 4.79 Å². The van der Waals surface area contributed by atoms with Gasteiger partial charge in [0.15, 0.2) is 0 Å². The second-order valence-corrected chi connectivity index (χ2v) is 5.38. The standard InChI is InChI=1S/C14H19ClN2O3/c1-9(2)7-12(14(19)20)17-13(18)8-16-11-5-3-10(15)4-6-11/h3-6,9,12,16H,7-8H2,1-2H3,(H,17,18)(H,19,20). The molecule has 0 fully saturated rings. The van der Waals surface area contributed by atoms with E-state index in [4.69, 9.17) is 16.7 Å². The number of amides is 1. The van der Waals surface area contributed by atoms with Crippen molar-refractivity contribution in [3.05, 3.63) is 29.3 Å². The van der Waals surface area contributed by atoms with Crippen LogP contribution in [-0.4, -0.2) is 29.6 Å². The highest BCUT2D eigenvalue weighted by atomic mass is 35.5. The van der Waals surface area contributed by atoms with Crippen molar-refractivity contribution in [2.45, 2.75) is 26.3 Å². The smallest absolute Gasteiger partial charge is 0.326 e. The van der Waals surface area contributed by atoms with Crippen LogP contribution in [0, 0.1) is 5.92 Å². The number of rotatable bonds is 7. The van der Waals surface area contributed by atoms with Crippen LogP contribution in [0.1, 0.15) is 20.3 Å². The minimum atomic E-state index is -1.02. The number of carboxylic acid groups (broad SMARTS) is 1.